The SMILES string of the molecule is COCCC1(CNC(=O)C2(N)CCCC2)CCCC1.Cl. The third-order valence-electron chi connectivity index (χ3n) is 5.07. The Bertz CT molecular complexity index is 311. The van der Waals surface area contributed by atoms with Crippen LogP contribution in [0.5, 0.6) is 0 Å². The highest BCUT2D eigenvalue weighted by Crippen LogP contribution is 2.40. The van der Waals surface area contributed by atoms with E-state index in [0.29, 0.717) is 0 Å². The van der Waals surface area contributed by atoms with Gasteiger partial charge in [0.25, 0.3) is 0 Å². The maximum absolute atomic E-state index is 12.3. The second-order valence-electron chi connectivity index (χ2n) is 6.50. The summed E-state index contributed by atoms with van der Waals surface area (Å²) in [5.41, 5.74) is 5.85. The molecule has 2 aliphatic rings. The van der Waals surface area contributed by atoms with E-state index >= 15 is 0 Å². The van der Waals surface area contributed by atoms with Gasteiger partial charge in [0.2, 0.25) is 5.91 Å². The molecule has 2 rings (SSSR count). The van der Waals surface area contributed by atoms with Crippen molar-refractivity contribution in [2.75, 3.05) is 20.3 Å². The van der Waals surface area contributed by atoms with Crippen molar-refractivity contribution in [3.63, 3.8) is 0 Å². The second kappa shape index (κ2) is 7.62. The van der Waals surface area contributed by atoms with E-state index in [0.717, 1.165) is 45.3 Å². The smallest absolute Gasteiger partial charge is 0.240 e. The zero-order valence-electron chi connectivity index (χ0n) is 12.6. The molecule has 0 bridgehead atoms. The van der Waals surface area contributed by atoms with Crippen molar-refractivity contribution in [1.29, 1.82) is 0 Å². The molecule has 3 N–H and O–H groups in total. The summed E-state index contributed by atoms with van der Waals surface area (Å²) in [6.45, 7) is 1.55. The Morgan fingerprint density at radius 2 is 1.70 bits per heavy atom. The van der Waals surface area contributed by atoms with Gasteiger partial charge in [-0.15, -0.1) is 12.4 Å². The van der Waals surface area contributed by atoms with Crippen molar-refractivity contribution in [1.82, 2.24) is 5.32 Å². The van der Waals surface area contributed by atoms with Crippen LogP contribution in [0.2, 0.25) is 0 Å². The largest absolute Gasteiger partial charge is 0.385 e. The summed E-state index contributed by atoms with van der Waals surface area (Å²) in [7, 11) is 1.74. The number of nitrogens with one attached hydrogen (secondary N) is 1. The van der Waals surface area contributed by atoms with Gasteiger partial charge in [-0.2, -0.15) is 0 Å². The standard InChI is InChI=1S/C15H28N2O2.ClH/c1-19-11-10-14(6-2-3-7-14)12-17-13(18)15(16)8-4-5-9-15;/h2-12,16H2,1H3,(H,17,18);1H. The lowest BCUT2D eigenvalue weighted by Crippen LogP contribution is -2.53. The van der Waals surface area contributed by atoms with Gasteiger partial charge in [-0.3, -0.25) is 4.79 Å². The van der Waals surface area contributed by atoms with Crippen molar-refractivity contribution in [2.45, 2.75) is 63.3 Å². The second-order valence-corrected chi connectivity index (χ2v) is 6.50. The first kappa shape index (κ1) is 17.7. The number of methoxy groups -OCH3 is 1. The van der Waals surface area contributed by atoms with Gasteiger partial charge in [-0.05, 0) is 37.5 Å². The Hall–Kier alpha value is -0.320. The van der Waals surface area contributed by atoms with E-state index in [-0.39, 0.29) is 23.7 Å². The normalized spacial score (nSPS) is 23.3. The lowest BCUT2D eigenvalue weighted by Gasteiger charge is -2.31. The Morgan fingerprint density at radius 3 is 2.25 bits per heavy atom. The van der Waals surface area contributed by atoms with E-state index in [4.69, 9.17) is 10.5 Å². The summed E-state index contributed by atoms with van der Waals surface area (Å²) < 4.78 is 5.22. The molecule has 1 amide bonds. The zero-order chi connectivity index (χ0) is 13.8. The summed E-state index contributed by atoms with van der Waals surface area (Å²) in [4.78, 5) is 12.3. The molecule has 4 nitrogen and oxygen atoms in total. The number of ether oxygens (including phenoxy) is 1. The number of carbonyl (C=O) groups excluding carboxylic acids is 1. The van der Waals surface area contributed by atoms with Crippen LogP contribution in [0.25, 0.3) is 0 Å². The molecular formula is C15H29ClN2O2. The molecular weight excluding hydrogens is 276 g/mol. The summed E-state index contributed by atoms with van der Waals surface area (Å²) >= 11 is 0. The van der Waals surface area contributed by atoms with Crippen LogP contribution in [0.15, 0.2) is 0 Å². The monoisotopic (exact) mass is 304 g/mol. The lowest BCUT2D eigenvalue weighted by molar-refractivity contribution is -0.126. The predicted octanol–water partition coefficient (Wildman–Crippen LogP) is 2.39. The minimum atomic E-state index is -0.596. The minimum absolute atomic E-state index is 0. The van der Waals surface area contributed by atoms with Gasteiger partial charge in [0.1, 0.15) is 0 Å². The summed E-state index contributed by atoms with van der Waals surface area (Å²) in [6.07, 6.45) is 9.83. The van der Waals surface area contributed by atoms with Crippen LogP contribution in [0.3, 0.4) is 0 Å². The average molecular weight is 305 g/mol. The Balaban J connectivity index is 0.00000200. The van der Waals surface area contributed by atoms with Crippen LogP contribution in [-0.2, 0) is 9.53 Å². The van der Waals surface area contributed by atoms with Gasteiger partial charge in [0.15, 0.2) is 0 Å². The average Bonchev–Trinajstić information content (AvgIpc) is 3.04. The van der Waals surface area contributed by atoms with Crippen molar-refractivity contribution in [2.24, 2.45) is 11.1 Å². The van der Waals surface area contributed by atoms with E-state index in [1.165, 1.54) is 25.7 Å². The molecule has 2 aliphatic carbocycles. The third-order valence-corrected chi connectivity index (χ3v) is 5.07. The Labute approximate surface area is 128 Å². The van der Waals surface area contributed by atoms with Crippen LogP contribution < -0.4 is 11.1 Å². The quantitative estimate of drug-likeness (QED) is 0.792. The summed E-state index contributed by atoms with van der Waals surface area (Å²) in [5, 5.41) is 3.14. The fourth-order valence-electron chi connectivity index (χ4n) is 3.64. The van der Waals surface area contributed by atoms with Crippen LogP contribution >= 0.6 is 12.4 Å². The van der Waals surface area contributed by atoms with Gasteiger partial charge in [-0.25, -0.2) is 0 Å². The first-order chi connectivity index (χ1) is 9.10. The number of nitrogens with two attached hydrogens (primary N) is 1. The van der Waals surface area contributed by atoms with E-state index in [1.807, 2.05) is 0 Å². The van der Waals surface area contributed by atoms with Crippen LogP contribution in [0, 0.1) is 5.41 Å². The maximum atomic E-state index is 12.3. The van der Waals surface area contributed by atoms with Gasteiger partial charge >= 0.3 is 0 Å². The van der Waals surface area contributed by atoms with E-state index in [2.05, 4.69) is 5.32 Å². The Kier molecular flexibility index (Phi) is 6.76. The maximum Gasteiger partial charge on any atom is 0.240 e. The molecule has 118 valence electrons. The number of amides is 1. The highest BCUT2D eigenvalue weighted by molar-refractivity contribution is 5.86. The number of hydrogen-bond donors (Lipinski definition) is 2. The Morgan fingerprint density at radius 1 is 1.15 bits per heavy atom. The fourth-order valence-corrected chi connectivity index (χ4v) is 3.64. The molecule has 0 aromatic carbocycles. The van der Waals surface area contributed by atoms with Crippen LogP contribution in [0.1, 0.15) is 57.8 Å². The molecule has 0 aromatic heterocycles. The van der Waals surface area contributed by atoms with Gasteiger partial charge in [0, 0.05) is 20.3 Å². The molecule has 0 heterocycles. The zero-order valence-corrected chi connectivity index (χ0v) is 13.4. The van der Waals surface area contributed by atoms with Crippen LogP contribution in [0.4, 0.5) is 0 Å². The van der Waals surface area contributed by atoms with E-state index in [1.54, 1.807) is 7.11 Å². The molecule has 5 heteroatoms. The van der Waals surface area contributed by atoms with Crippen molar-refractivity contribution >= 4 is 18.3 Å². The molecule has 0 saturated heterocycles. The fraction of sp³-hybridized carbons (Fsp3) is 0.933. The first-order valence-corrected chi connectivity index (χ1v) is 7.66. The number of rotatable bonds is 6. The third kappa shape index (κ3) is 4.09. The summed E-state index contributed by atoms with van der Waals surface area (Å²) in [5.74, 6) is 0.0636. The molecule has 0 unspecified atom stereocenters. The van der Waals surface area contributed by atoms with E-state index in [9.17, 15) is 4.79 Å². The number of carbonyl (C=O) groups is 1. The lowest BCUT2D eigenvalue weighted by atomic mass is 9.82. The molecule has 20 heavy (non-hydrogen) atoms. The molecule has 2 saturated carbocycles. The highest BCUT2D eigenvalue weighted by Gasteiger charge is 2.39. The van der Waals surface area contributed by atoms with Gasteiger partial charge in [-0.1, -0.05) is 25.7 Å². The molecule has 0 aromatic rings. The molecule has 0 radical (unpaired) electrons. The summed E-state index contributed by atoms with van der Waals surface area (Å²) in [6, 6.07) is 0. The van der Waals surface area contributed by atoms with E-state index < -0.39 is 5.54 Å². The minimum Gasteiger partial charge on any atom is -0.385 e. The van der Waals surface area contributed by atoms with Crippen molar-refractivity contribution < 1.29 is 9.53 Å². The first-order valence-electron chi connectivity index (χ1n) is 7.66. The van der Waals surface area contributed by atoms with Crippen LogP contribution in [-0.4, -0.2) is 31.7 Å². The number of hydrogen-bond acceptors (Lipinski definition) is 3. The molecule has 2 fully saturated rings. The molecule has 0 atom stereocenters. The highest BCUT2D eigenvalue weighted by atomic mass is 35.5. The number of halogens is 1. The van der Waals surface area contributed by atoms with Crippen molar-refractivity contribution in [3.05, 3.63) is 0 Å². The van der Waals surface area contributed by atoms with Gasteiger partial charge < -0.3 is 15.8 Å². The topological polar surface area (TPSA) is 64.3 Å². The molecule has 0 aliphatic heterocycles. The van der Waals surface area contributed by atoms with Crippen molar-refractivity contribution in [3.8, 4) is 0 Å². The van der Waals surface area contributed by atoms with Gasteiger partial charge in [0.05, 0.1) is 5.54 Å². The molecule has 0 spiro atoms. The predicted molar refractivity (Wildman–Crippen MR) is 83.0 cm³/mol.